The third-order valence-corrected chi connectivity index (χ3v) is 10.6. The smallest absolute Gasteiger partial charge is 0.160 e. The third kappa shape index (κ3) is 4.17. The van der Waals surface area contributed by atoms with Gasteiger partial charge in [-0.1, -0.05) is 137 Å². The van der Waals surface area contributed by atoms with Crippen molar-refractivity contribution in [3.63, 3.8) is 0 Å². The summed E-state index contributed by atoms with van der Waals surface area (Å²) < 4.78 is 0. The van der Waals surface area contributed by atoms with E-state index in [1.54, 1.807) is 0 Å². The summed E-state index contributed by atoms with van der Waals surface area (Å²) in [6.45, 7) is 9.27. The van der Waals surface area contributed by atoms with E-state index >= 15 is 0 Å². The molecule has 0 aliphatic heterocycles. The molecule has 5 aromatic carbocycles. The van der Waals surface area contributed by atoms with E-state index in [4.69, 9.17) is 15.0 Å². The highest BCUT2D eigenvalue weighted by atomic mass is 14.9. The van der Waals surface area contributed by atoms with E-state index in [1.165, 1.54) is 44.5 Å². The largest absolute Gasteiger partial charge is 0.256 e. The first-order valence-corrected chi connectivity index (χ1v) is 16.7. The average molecular weight is 618 g/mol. The highest BCUT2D eigenvalue weighted by molar-refractivity contribution is 5.93. The number of nitrogens with zero attached hydrogens (tertiary/aromatic N) is 3. The zero-order chi connectivity index (χ0) is 32.6. The molecule has 0 N–H and O–H groups in total. The van der Waals surface area contributed by atoms with Crippen LogP contribution in [0.25, 0.3) is 67.4 Å². The van der Waals surface area contributed by atoms with Gasteiger partial charge in [0.1, 0.15) is 0 Å². The molecule has 2 aliphatic carbocycles. The number of pyridine rings is 1. The molecule has 2 aliphatic rings. The Morgan fingerprint density at radius 1 is 0.417 bits per heavy atom. The molecule has 9 rings (SSSR count). The monoisotopic (exact) mass is 617 g/mol. The van der Waals surface area contributed by atoms with Crippen molar-refractivity contribution in [2.24, 2.45) is 0 Å². The van der Waals surface area contributed by atoms with Crippen LogP contribution in [0.5, 0.6) is 0 Å². The minimum absolute atomic E-state index is 0.0489. The van der Waals surface area contributed by atoms with Gasteiger partial charge in [0.15, 0.2) is 5.82 Å². The molecule has 0 spiro atoms. The van der Waals surface area contributed by atoms with Crippen molar-refractivity contribution >= 4 is 0 Å². The Balaban J connectivity index is 1.26. The van der Waals surface area contributed by atoms with Gasteiger partial charge in [0.2, 0.25) is 0 Å². The zero-order valence-electron chi connectivity index (χ0n) is 27.6. The van der Waals surface area contributed by atoms with Crippen LogP contribution < -0.4 is 0 Å². The first-order valence-electron chi connectivity index (χ1n) is 16.7. The molecular weight excluding hydrogens is 583 g/mol. The number of fused-ring (bicyclic) bond motifs is 6. The minimum Gasteiger partial charge on any atom is -0.256 e. The summed E-state index contributed by atoms with van der Waals surface area (Å²) in [7, 11) is 0. The first-order chi connectivity index (χ1) is 23.3. The van der Waals surface area contributed by atoms with Crippen LogP contribution in [-0.4, -0.2) is 15.0 Å². The van der Waals surface area contributed by atoms with Gasteiger partial charge in [-0.05, 0) is 68.8 Å². The second-order valence-electron chi connectivity index (χ2n) is 14.1. The molecule has 0 atom stereocenters. The summed E-state index contributed by atoms with van der Waals surface area (Å²) in [5.74, 6) is 0.700. The number of rotatable bonds is 4. The highest BCUT2D eigenvalue weighted by Gasteiger charge is 2.37. The summed E-state index contributed by atoms with van der Waals surface area (Å²) in [5, 5.41) is 0. The molecule has 48 heavy (non-hydrogen) atoms. The summed E-state index contributed by atoms with van der Waals surface area (Å²) in [6.07, 6.45) is 1.88. The van der Waals surface area contributed by atoms with Gasteiger partial charge in [-0.25, -0.2) is 9.97 Å². The quantitative estimate of drug-likeness (QED) is 0.197. The molecule has 0 saturated carbocycles. The fourth-order valence-corrected chi connectivity index (χ4v) is 8.12. The fraction of sp³-hybridized carbons (Fsp3) is 0.133. The molecule has 0 fully saturated rings. The van der Waals surface area contributed by atoms with Gasteiger partial charge in [-0.2, -0.15) is 0 Å². The maximum absolute atomic E-state index is 5.26. The van der Waals surface area contributed by atoms with Crippen molar-refractivity contribution in [1.29, 1.82) is 0 Å². The van der Waals surface area contributed by atoms with Gasteiger partial charge in [0.25, 0.3) is 0 Å². The van der Waals surface area contributed by atoms with Gasteiger partial charge in [0, 0.05) is 39.3 Å². The summed E-state index contributed by atoms with van der Waals surface area (Å²) >= 11 is 0. The molecular formula is C45H35N3. The predicted molar refractivity (Wildman–Crippen MR) is 197 cm³/mol. The fourth-order valence-electron chi connectivity index (χ4n) is 8.12. The topological polar surface area (TPSA) is 38.7 Å². The number of hydrogen-bond acceptors (Lipinski definition) is 3. The average Bonchev–Trinajstić information content (AvgIpc) is 3.51. The Morgan fingerprint density at radius 3 is 1.79 bits per heavy atom. The van der Waals surface area contributed by atoms with Crippen molar-refractivity contribution in [3.05, 3.63) is 162 Å². The van der Waals surface area contributed by atoms with Crippen LogP contribution in [0.3, 0.4) is 0 Å². The third-order valence-electron chi connectivity index (χ3n) is 10.6. The van der Waals surface area contributed by atoms with Crippen molar-refractivity contribution in [2.75, 3.05) is 0 Å². The maximum atomic E-state index is 5.26. The van der Waals surface area contributed by atoms with Crippen LogP contribution >= 0.6 is 0 Å². The summed E-state index contributed by atoms with van der Waals surface area (Å²) in [6, 6.07) is 47.6. The molecule has 2 heterocycles. The molecule has 230 valence electrons. The minimum atomic E-state index is -0.0999. The van der Waals surface area contributed by atoms with Crippen LogP contribution in [-0.2, 0) is 10.8 Å². The van der Waals surface area contributed by atoms with Crippen LogP contribution in [0.2, 0.25) is 0 Å². The highest BCUT2D eigenvalue weighted by Crippen LogP contribution is 2.52. The van der Waals surface area contributed by atoms with Gasteiger partial charge in [-0.3, -0.25) is 4.98 Å². The van der Waals surface area contributed by atoms with Gasteiger partial charge in [0.05, 0.1) is 17.1 Å². The van der Waals surface area contributed by atoms with E-state index in [0.29, 0.717) is 5.82 Å². The first kappa shape index (κ1) is 28.5. The van der Waals surface area contributed by atoms with Gasteiger partial charge >= 0.3 is 0 Å². The van der Waals surface area contributed by atoms with E-state index in [-0.39, 0.29) is 10.8 Å². The van der Waals surface area contributed by atoms with E-state index < -0.39 is 0 Å². The molecule has 0 saturated heterocycles. The lowest BCUT2D eigenvalue weighted by atomic mass is 9.82. The SMILES string of the molecule is CC1(C)c2ccccc2-c2cc(-c3ncccc3-c3cc(-c4cccc5c4-c4ccccc4C5(C)C)nc(-c4ccccc4)n3)ccc21. The van der Waals surface area contributed by atoms with Gasteiger partial charge < -0.3 is 0 Å². The van der Waals surface area contributed by atoms with E-state index in [2.05, 4.69) is 137 Å². The number of aromatic nitrogens is 3. The Morgan fingerprint density at radius 2 is 1.00 bits per heavy atom. The Labute approximate surface area is 282 Å². The van der Waals surface area contributed by atoms with Gasteiger partial charge in [-0.15, -0.1) is 0 Å². The molecule has 0 radical (unpaired) electrons. The Hall–Kier alpha value is -5.67. The lowest BCUT2D eigenvalue weighted by Gasteiger charge is -2.21. The molecule has 0 amide bonds. The lowest BCUT2D eigenvalue weighted by Crippen LogP contribution is -2.14. The Bertz CT molecular complexity index is 2400. The van der Waals surface area contributed by atoms with Crippen LogP contribution in [0.1, 0.15) is 49.9 Å². The molecule has 3 nitrogen and oxygen atoms in total. The van der Waals surface area contributed by atoms with Crippen molar-refractivity contribution in [2.45, 2.75) is 38.5 Å². The zero-order valence-corrected chi connectivity index (χ0v) is 27.6. The Kier molecular flexibility index (Phi) is 6.20. The molecule has 2 aromatic heterocycles. The molecule has 3 heteroatoms. The second-order valence-corrected chi connectivity index (χ2v) is 14.1. The molecule has 0 unspecified atom stereocenters. The van der Waals surface area contributed by atoms with E-state index in [9.17, 15) is 0 Å². The summed E-state index contributed by atoms with van der Waals surface area (Å²) in [5.41, 5.74) is 17.2. The van der Waals surface area contributed by atoms with Crippen LogP contribution in [0, 0.1) is 0 Å². The summed E-state index contributed by atoms with van der Waals surface area (Å²) in [4.78, 5) is 15.5. The molecule has 0 bridgehead atoms. The lowest BCUT2D eigenvalue weighted by molar-refractivity contribution is 0.660. The van der Waals surface area contributed by atoms with Crippen LogP contribution in [0.4, 0.5) is 0 Å². The maximum Gasteiger partial charge on any atom is 0.160 e. The normalized spacial score (nSPS) is 14.6. The van der Waals surface area contributed by atoms with E-state index in [1.807, 2.05) is 30.5 Å². The standard InChI is InChI=1S/C45H35N3/c1-44(2)35-20-10-8-16-30(35)34-26-29(23-24-37(34)44)42-33(19-13-25-46-42)40-27-39(47-43(48-40)28-14-6-5-7-15-28)32-18-12-22-38-41(32)31-17-9-11-21-36(31)45(38,3)4/h5-27H,1-4H3. The van der Waals surface area contributed by atoms with Crippen molar-refractivity contribution in [1.82, 2.24) is 15.0 Å². The molecule has 7 aromatic rings. The van der Waals surface area contributed by atoms with Crippen molar-refractivity contribution in [3.8, 4) is 67.4 Å². The second kappa shape index (κ2) is 10.4. The predicted octanol–water partition coefficient (Wildman–Crippen LogP) is 11.2. The van der Waals surface area contributed by atoms with Crippen LogP contribution in [0.15, 0.2) is 140 Å². The number of benzene rings is 5. The van der Waals surface area contributed by atoms with Crippen molar-refractivity contribution < 1.29 is 0 Å². The number of hydrogen-bond donors (Lipinski definition) is 0. The van der Waals surface area contributed by atoms with E-state index in [0.717, 1.165) is 39.3 Å².